The number of hydrogen-bond acceptors (Lipinski definition) is 5. The Bertz CT molecular complexity index is 1300. The fourth-order valence-electron chi connectivity index (χ4n) is 4.48. The highest BCUT2D eigenvalue weighted by Gasteiger charge is 2.24. The Morgan fingerprint density at radius 3 is 2.76 bits per heavy atom. The summed E-state index contributed by atoms with van der Waals surface area (Å²) in [4.78, 5) is 15.7. The second kappa shape index (κ2) is 10.3. The van der Waals surface area contributed by atoms with Crippen LogP contribution >= 0.6 is 11.8 Å². The molecular formula is C26H28N6OS. The standard InChI is InChI=1S/C26H28N6OS/c1-18-11-13-19(14-12-18)25-30-31-26(32(25)21-7-3-2-4-8-21)34-17-24(33)29-28-16-20-15-27-23-10-6-5-9-22(20)23/h5-6,9-16,21,27H,2-4,7-8,17H2,1H3,(H,29,33)/b28-16-. The fourth-order valence-corrected chi connectivity index (χ4v) is 5.28. The lowest BCUT2D eigenvalue weighted by atomic mass is 9.95. The number of carbonyl (C=O) groups is 1. The van der Waals surface area contributed by atoms with Gasteiger partial charge >= 0.3 is 0 Å². The SMILES string of the molecule is Cc1ccc(-c2nnc(SCC(=O)N/N=C\c3c[nH]c4ccccc34)n2C2CCCCC2)cc1. The molecule has 8 heteroatoms. The van der Waals surface area contributed by atoms with Gasteiger partial charge in [-0.3, -0.25) is 9.36 Å². The number of aryl methyl sites for hydroxylation is 1. The minimum atomic E-state index is -0.170. The third-order valence-electron chi connectivity index (χ3n) is 6.26. The zero-order valence-electron chi connectivity index (χ0n) is 19.2. The van der Waals surface area contributed by atoms with E-state index in [1.54, 1.807) is 6.21 Å². The first-order valence-corrected chi connectivity index (χ1v) is 12.7. The quantitative estimate of drug-likeness (QED) is 0.212. The third kappa shape index (κ3) is 4.92. The number of rotatable bonds is 7. The van der Waals surface area contributed by atoms with Crippen molar-refractivity contribution >= 4 is 34.8 Å². The van der Waals surface area contributed by atoms with Crippen LogP contribution in [0.15, 0.2) is 65.0 Å². The summed E-state index contributed by atoms with van der Waals surface area (Å²) in [6, 6.07) is 16.8. The Morgan fingerprint density at radius 2 is 1.94 bits per heavy atom. The number of nitrogens with one attached hydrogen (secondary N) is 2. The van der Waals surface area contributed by atoms with E-state index in [1.165, 1.54) is 36.6 Å². The fraction of sp³-hybridized carbons (Fsp3) is 0.308. The van der Waals surface area contributed by atoms with Gasteiger partial charge in [-0.2, -0.15) is 5.10 Å². The van der Waals surface area contributed by atoms with E-state index in [0.29, 0.717) is 6.04 Å². The van der Waals surface area contributed by atoms with Crippen LogP contribution in [0.5, 0.6) is 0 Å². The molecule has 5 rings (SSSR count). The lowest BCUT2D eigenvalue weighted by Crippen LogP contribution is -2.20. The molecule has 1 saturated carbocycles. The predicted molar refractivity (Wildman–Crippen MR) is 137 cm³/mol. The Kier molecular flexibility index (Phi) is 6.76. The highest BCUT2D eigenvalue weighted by Crippen LogP contribution is 2.35. The normalized spacial score (nSPS) is 14.7. The number of thioether (sulfide) groups is 1. The molecule has 2 aromatic carbocycles. The molecule has 0 spiro atoms. The predicted octanol–water partition coefficient (Wildman–Crippen LogP) is 5.48. The van der Waals surface area contributed by atoms with Crippen LogP contribution in [-0.2, 0) is 4.79 Å². The first-order valence-electron chi connectivity index (χ1n) is 11.7. The van der Waals surface area contributed by atoms with Gasteiger partial charge in [-0.05, 0) is 25.8 Å². The molecule has 34 heavy (non-hydrogen) atoms. The molecule has 2 heterocycles. The molecule has 0 saturated heterocycles. The number of para-hydroxylation sites is 1. The molecule has 0 atom stereocenters. The molecule has 1 fully saturated rings. The molecule has 4 aromatic rings. The third-order valence-corrected chi connectivity index (χ3v) is 7.20. The Labute approximate surface area is 203 Å². The largest absolute Gasteiger partial charge is 0.361 e. The van der Waals surface area contributed by atoms with Gasteiger partial charge in [-0.25, -0.2) is 5.43 Å². The minimum absolute atomic E-state index is 0.170. The molecule has 1 aliphatic rings. The van der Waals surface area contributed by atoms with Gasteiger partial charge in [0, 0.05) is 34.3 Å². The van der Waals surface area contributed by atoms with Crippen LogP contribution in [-0.4, -0.2) is 37.6 Å². The zero-order chi connectivity index (χ0) is 23.3. The summed E-state index contributed by atoms with van der Waals surface area (Å²) in [6.45, 7) is 2.08. The molecule has 0 aliphatic heterocycles. The van der Waals surface area contributed by atoms with Gasteiger partial charge in [-0.15, -0.1) is 10.2 Å². The summed E-state index contributed by atoms with van der Waals surface area (Å²) >= 11 is 1.42. The number of benzene rings is 2. The molecular weight excluding hydrogens is 444 g/mol. The average Bonchev–Trinajstić information content (AvgIpc) is 3.48. The molecule has 2 N–H and O–H groups in total. The van der Waals surface area contributed by atoms with Gasteiger partial charge in [-0.1, -0.05) is 79.1 Å². The van der Waals surface area contributed by atoms with E-state index in [-0.39, 0.29) is 11.7 Å². The van der Waals surface area contributed by atoms with Gasteiger partial charge < -0.3 is 4.98 Å². The van der Waals surface area contributed by atoms with E-state index >= 15 is 0 Å². The van der Waals surface area contributed by atoms with Crippen molar-refractivity contribution in [2.75, 3.05) is 5.75 Å². The summed E-state index contributed by atoms with van der Waals surface area (Å²) < 4.78 is 2.25. The second-order valence-electron chi connectivity index (χ2n) is 8.71. The van der Waals surface area contributed by atoms with E-state index < -0.39 is 0 Å². The van der Waals surface area contributed by atoms with Crippen LogP contribution < -0.4 is 5.43 Å². The number of aromatic nitrogens is 4. The van der Waals surface area contributed by atoms with Crippen molar-refractivity contribution in [3.63, 3.8) is 0 Å². The van der Waals surface area contributed by atoms with Gasteiger partial charge in [0.2, 0.25) is 0 Å². The smallest absolute Gasteiger partial charge is 0.250 e. The van der Waals surface area contributed by atoms with Crippen molar-refractivity contribution in [2.45, 2.75) is 50.2 Å². The van der Waals surface area contributed by atoms with Crippen molar-refractivity contribution in [1.29, 1.82) is 0 Å². The molecule has 0 unspecified atom stereocenters. The van der Waals surface area contributed by atoms with Crippen LogP contribution in [0.4, 0.5) is 0 Å². The first kappa shape index (κ1) is 22.4. The maximum absolute atomic E-state index is 12.5. The number of hydrogen-bond donors (Lipinski definition) is 2. The number of amides is 1. The maximum atomic E-state index is 12.5. The molecule has 1 amide bonds. The van der Waals surface area contributed by atoms with E-state index in [0.717, 1.165) is 45.9 Å². The first-order chi connectivity index (χ1) is 16.7. The number of H-pyrrole nitrogens is 1. The van der Waals surface area contributed by atoms with E-state index in [4.69, 9.17) is 0 Å². The zero-order valence-corrected chi connectivity index (χ0v) is 20.0. The molecule has 0 radical (unpaired) electrons. The number of aromatic amines is 1. The van der Waals surface area contributed by atoms with Crippen molar-refractivity contribution in [2.24, 2.45) is 5.10 Å². The molecule has 1 aliphatic carbocycles. The minimum Gasteiger partial charge on any atom is -0.361 e. The van der Waals surface area contributed by atoms with Crippen LogP contribution in [0, 0.1) is 6.92 Å². The lowest BCUT2D eigenvalue weighted by Gasteiger charge is -2.25. The molecule has 0 bridgehead atoms. The number of nitrogens with zero attached hydrogens (tertiary/aromatic N) is 4. The van der Waals surface area contributed by atoms with Crippen molar-refractivity contribution in [3.8, 4) is 11.4 Å². The monoisotopic (exact) mass is 472 g/mol. The van der Waals surface area contributed by atoms with E-state index in [9.17, 15) is 4.79 Å². The van der Waals surface area contributed by atoms with Gasteiger partial charge in [0.05, 0.1) is 12.0 Å². The summed E-state index contributed by atoms with van der Waals surface area (Å²) in [7, 11) is 0. The Balaban J connectivity index is 1.28. The van der Waals surface area contributed by atoms with Gasteiger partial charge in [0.1, 0.15) is 0 Å². The molecule has 7 nitrogen and oxygen atoms in total. The lowest BCUT2D eigenvalue weighted by molar-refractivity contribution is -0.118. The van der Waals surface area contributed by atoms with Crippen LogP contribution in [0.3, 0.4) is 0 Å². The topological polar surface area (TPSA) is 88.0 Å². The van der Waals surface area contributed by atoms with Crippen molar-refractivity contribution < 1.29 is 4.79 Å². The second-order valence-corrected chi connectivity index (χ2v) is 9.65. The summed E-state index contributed by atoms with van der Waals surface area (Å²) in [6.07, 6.45) is 9.48. The molecule has 174 valence electrons. The number of hydrazone groups is 1. The van der Waals surface area contributed by atoms with Crippen molar-refractivity contribution in [3.05, 3.63) is 65.9 Å². The van der Waals surface area contributed by atoms with Crippen molar-refractivity contribution in [1.82, 2.24) is 25.2 Å². The summed E-state index contributed by atoms with van der Waals surface area (Å²) in [5, 5.41) is 15.0. The number of carbonyl (C=O) groups excluding carboxylic acids is 1. The van der Waals surface area contributed by atoms with E-state index in [2.05, 4.69) is 61.5 Å². The average molecular weight is 473 g/mol. The summed E-state index contributed by atoms with van der Waals surface area (Å²) in [5.41, 5.74) is 6.88. The highest BCUT2D eigenvalue weighted by molar-refractivity contribution is 7.99. The number of fused-ring (bicyclic) bond motifs is 1. The highest BCUT2D eigenvalue weighted by atomic mass is 32.2. The van der Waals surface area contributed by atoms with Crippen LogP contribution in [0.25, 0.3) is 22.3 Å². The Morgan fingerprint density at radius 1 is 1.15 bits per heavy atom. The van der Waals surface area contributed by atoms with Gasteiger partial charge in [0.25, 0.3) is 5.91 Å². The summed E-state index contributed by atoms with van der Waals surface area (Å²) in [5.74, 6) is 0.938. The van der Waals surface area contributed by atoms with Crippen LogP contribution in [0.1, 0.15) is 49.3 Å². The van der Waals surface area contributed by atoms with E-state index in [1.807, 2.05) is 30.5 Å². The maximum Gasteiger partial charge on any atom is 0.250 e. The van der Waals surface area contributed by atoms with Crippen LogP contribution in [0.2, 0.25) is 0 Å². The molecule has 2 aromatic heterocycles. The Hall–Kier alpha value is -3.39. The van der Waals surface area contributed by atoms with Gasteiger partial charge in [0.15, 0.2) is 11.0 Å².